The number of likely N-dealkylation sites (N-methyl/N-ethyl adjacent to an activating group) is 1. The summed E-state index contributed by atoms with van der Waals surface area (Å²) in [6.45, 7) is 6.65. The van der Waals surface area contributed by atoms with E-state index >= 15 is 0 Å². The lowest BCUT2D eigenvalue weighted by Gasteiger charge is -2.44. The minimum absolute atomic E-state index is 0.0885. The molecule has 0 unspecified atom stereocenters. The highest BCUT2D eigenvalue weighted by molar-refractivity contribution is 5.82. The van der Waals surface area contributed by atoms with Crippen molar-refractivity contribution >= 4 is 11.9 Å². The first kappa shape index (κ1) is 16.2. The van der Waals surface area contributed by atoms with Crippen LogP contribution in [0.5, 0.6) is 0 Å². The van der Waals surface area contributed by atoms with E-state index in [0.29, 0.717) is 0 Å². The highest BCUT2D eigenvalue weighted by atomic mass is 16.4. The van der Waals surface area contributed by atoms with Crippen LogP contribution >= 0.6 is 0 Å². The van der Waals surface area contributed by atoms with E-state index in [1.54, 1.807) is 0 Å². The van der Waals surface area contributed by atoms with Gasteiger partial charge in [-0.05, 0) is 45.3 Å². The second-order valence-corrected chi connectivity index (χ2v) is 6.56. The lowest BCUT2D eigenvalue weighted by Crippen LogP contribution is -2.57. The number of hydrogen-bond donors (Lipinski definition) is 3. The zero-order valence-electron chi connectivity index (χ0n) is 13.0. The fraction of sp³-hybridized carbons (Fsp3) is 0.867. The molecule has 0 radical (unpaired) electrons. The molecule has 0 aromatic rings. The van der Waals surface area contributed by atoms with E-state index in [2.05, 4.69) is 10.6 Å². The van der Waals surface area contributed by atoms with Gasteiger partial charge in [0.1, 0.15) is 0 Å². The van der Waals surface area contributed by atoms with Crippen molar-refractivity contribution in [3.05, 3.63) is 0 Å². The maximum atomic E-state index is 12.4. The second kappa shape index (κ2) is 6.75. The Labute approximate surface area is 126 Å². The number of carboxylic acid groups (broad SMARTS) is 1. The SMILES string of the molecule is CCN(CC(=O)O)C1CC(NC(=O)C2(C)CCNCC2)C1. The molecule has 0 atom stereocenters. The number of nitrogens with one attached hydrogen (secondary N) is 2. The zero-order chi connectivity index (χ0) is 15.5. The molecule has 2 rings (SSSR count). The van der Waals surface area contributed by atoms with Crippen LogP contribution in [0.2, 0.25) is 0 Å². The number of amides is 1. The molecule has 0 aromatic heterocycles. The molecule has 1 aliphatic carbocycles. The van der Waals surface area contributed by atoms with Crippen LogP contribution in [0.3, 0.4) is 0 Å². The molecule has 1 heterocycles. The summed E-state index contributed by atoms with van der Waals surface area (Å²) in [6.07, 6.45) is 3.49. The third kappa shape index (κ3) is 3.95. The summed E-state index contributed by atoms with van der Waals surface area (Å²) in [5.74, 6) is -0.625. The van der Waals surface area contributed by atoms with Crippen molar-refractivity contribution in [2.24, 2.45) is 5.41 Å². The summed E-state index contributed by atoms with van der Waals surface area (Å²) < 4.78 is 0. The molecule has 0 spiro atoms. The van der Waals surface area contributed by atoms with Gasteiger partial charge >= 0.3 is 5.97 Å². The van der Waals surface area contributed by atoms with Crippen LogP contribution in [-0.2, 0) is 9.59 Å². The number of aliphatic carboxylic acids is 1. The Kier molecular flexibility index (Phi) is 5.22. The fourth-order valence-electron chi connectivity index (χ4n) is 3.24. The molecule has 21 heavy (non-hydrogen) atoms. The van der Waals surface area contributed by atoms with Crippen LogP contribution < -0.4 is 10.6 Å². The van der Waals surface area contributed by atoms with Gasteiger partial charge < -0.3 is 15.7 Å². The molecule has 0 bridgehead atoms. The molecular formula is C15H27N3O3. The Balaban J connectivity index is 1.76. The first-order chi connectivity index (χ1) is 9.94. The maximum absolute atomic E-state index is 12.4. The summed E-state index contributed by atoms with van der Waals surface area (Å²) in [5, 5.41) is 15.3. The molecule has 3 N–H and O–H groups in total. The predicted molar refractivity (Wildman–Crippen MR) is 80.0 cm³/mol. The van der Waals surface area contributed by atoms with Gasteiger partial charge in [0.15, 0.2) is 0 Å². The third-order valence-corrected chi connectivity index (χ3v) is 4.96. The quantitative estimate of drug-likeness (QED) is 0.662. The monoisotopic (exact) mass is 297 g/mol. The van der Waals surface area contributed by atoms with E-state index in [1.807, 2.05) is 18.7 Å². The molecule has 120 valence electrons. The van der Waals surface area contributed by atoms with Gasteiger partial charge in [0.25, 0.3) is 0 Å². The summed E-state index contributed by atoms with van der Waals surface area (Å²) in [5.41, 5.74) is -0.248. The number of nitrogens with zero attached hydrogens (tertiary/aromatic N) is 1. The van der Waals surface area contributed by atoms with Gasteiger partial charge in [0.05, 0.1) is 6.54 Å². The first-order valence-corrected chi connectivity index (χ1v) is 7.92. The van der Waals surface area contributed by atoms with E-state index in [9.17, 15) is 9.59 Å². The molecule has 6 nitrogen and oxygen atoms in total. The summed E-state index contributed by atoms with van der Waals surface area (Å²) in [6, 6.07) is 0.495. The van der Waals surface area contributed by atoms with Crippen molar-refractivity contribution < 1.29 is 14.7 Å². The van der Waals surface area contributed by atoms with Crippen molar-refractivity contribution in [2.75, 3.05) is 26.2 Å². The highest BCUT2D eigenvalue weighted by Gasteiger charge is 2.39. The molecule has 1 aliphatic heterocycles. The average molecular weight is 297 g/mol. The van der Waals surface area contributed by atoms with E-state index in [0.717, 1.165) is 45.3 Å². The molecule has 6 heteroatoms. The van der Waals surface area contributed by atoms with Crippen LogP contribution in [0, 0.1) is 5.41 Å². The van der Waals surface area contributed by atoms with Gasteiger partial charge in [-0.3, -0.25) is 14.5 Å². The minimum atomic E-state index is -0.786. The molecule has 2 fully saturated rings. The fourth-order valence-corrected chi connectivity index (χ4v) is 3.24. The van der Waals surface area contributed by atoms with Gasteiger partial charge in [-0.2, -0.15) is 0 Å². The van der Waals surface area contributed by atoms with Crippen molar-refractivity contribution in [1.29, 1.82) is 0 Å². The Hall–Kier alpha value is -1.14. The zero-order valence-corrected chi connectivity index (χ0v) is 13.0. The topological polar surface area (TPSA) is 81.7 Å². The molecule has 2 aliphatic rings. The summed E-state index contributed by atoms with van der Waals surface area (Å²) >= 11 is 0. The molecule has 1 amide bonds. The van der Waals surface area contributed by atoms with Gasteiger partial charge in [-0.15, -0.1) is 0 Å². The van der Waals surface area contributed by atoms with Crippen LogP contribution in [0.25, 0.3) is 0 Å². The minimum Gasteiger partial charge on any atom is -0.480 e. The van der Waals surface area contributed by atoms with Crippen molar-refractivity contribution in [1.82, 2.24) is 15.5 Å². The Morgan fingerprint density at radius 2 is 1.95 bits per heavy atom. The van der Waals surface area contributed by atoms with E-state index in [4.69, 9.17) is 5.11 Å². The van der Waals surface area contributed by atoms with Gasteiger partial charge in [0, 0.05) is 17.5 Å². The normalized spacial score (nSPS) is 28.0. The molecular weight excluding hydrogens is 270 g/mol. The lowest BCUT2D eigenvalue weighted by atomic mass is 9.78. The van der Waals surface area contributed by atoms with Gasteiger partial charge in [-0.1, -0.05) is 13.8 Å². The number of carbonyl (C=O) groups excluding carboxylic acids is 1. The lowest BCUT2D eigenvalue weighted by molar-refractivity contribution is -0.140. The third-order valence-electron chi connectivity index (χ3n) is 4.96. The Morgan fingerprint density at radius 1 is 1.33 bits per heavy atom. The summed E-state index contributed by atoms with van der Waals surface area (Å²) in [7, 11) is 0. The highest BCUT2D eigenvalue weighted by Crippen LogP contribution is 2.31. The number of rotatable bonds is 6. The van der Waals surface area contributed by atoms with E-state index in [-0.39, 0.29) is 30.0 Å². The van der Waals surface area contributed by atoms with Crippen LogP contribution in [0.4, 0.5) is 0 Å². The van der Waals surface area contributed by atoms with Crippen molar-refractivity contribution in [2.45, 2.75) is 51.6 Å². The molecule has 0 aromatic carbocycles. The van der Waals surface area contributed by atoms with Gasteiger partial charge in [0.2, 0.25) is 5.91 Å². The Morgan fingerprint density at radius 3 is 2.48 bits per heavy atom. The van der Waals surface area contributed by atoms with Crippen LogP contribution in [0.1, 0.15) is 39.5 Å². The first-order valence-electron chi connectivity index (χ1n) is 7.92. The number of piperidine rings is 1. The Bertz CT molecular complexity index is 388. The van der Waals surface area contributed by atoms with Crippen LogP contribution in [-0.4, -0.2) is 60.1 Å². The van der Waals surface area contributed by atoms with Crippen molar-refractivity contribution in [3.63, 3.8) is 0 Å². The number of carbonyl (C=O) groups is 2. The average Bonchev–Trinajstić information content (AvgIpc) is 2.40. The smallest absolute Gasteiger partial charge is 0.317 e. The predicted octanol–water partition coefficient (Wildman–Crippen LogP) is 0.430. The number of carboxylic acids is 1. The van der Waals surface area contributed by atoms with Gasteiger partial charge in [-0.25, -0.2) is 0 Å². The van der Waals surface area contributed by atoms with Crippen molar-refractivity contribution in [3.8, 4) is 0 Å². The maximum Gasteiger partial charge on any atom is 0.317 e. The largest absolute Gasteiger partial charge is 0.480 e. The molecule has 1 saturated heterocycles. The summed E-state index contributed by atoms with van der Waals surface area (Å²) in [4.78, 5) is 25.2. The standard InChI is InChI=1S/C15H27N3O3/c1-3-18(10-13(19)20)12-8-11(9-12)17-14(21)15(2)4-6-16-7-5-15/h11-12,16H,3-10H2,1-2H3,(H,17,21)(H,19,20). The second-order valence-electron chi connectivity index (χ2n) is 6.56. The van der Waals surface area contributed by atoms with E-state index < -0.39 is 5.97 Å². The number of hydrogen-bond acceptors (Lipinski definition) is 4. The van der Waals surface area contributed by atoms with Crippen LogP contribution in [0.15, 0.2) is 0 Å². The molecule has 1 saturated carbocycles. The van der Waals surface area contributed by atoms with E-state index in [1.165, 1.54) is 0 Å².